The van der Waals surface area contributed by atoms with E-state index in [1.54, 1.807) is 6.51 Å². The molecule has 0 bridgehead atoms. The molecular weight excluding hydrogens is 1030 g/mol. The Kier molecular flexibility index (Phi) is 22.1. The van der Waals surface area contributed by atoms with Gasteiger partial charge in [-0.3, -0.25) is 0 Å². The van der Waals surface area contributed by atoms with Gasteiger partial charge in [-0.15, -0.1) is 163 Å². The van der Waals surface area contributed by atoms with Gasteiger partial charge in [0.2, 0.25) is 0 Å². The van der Waals surface area contributed by atoms with Gasteiger partial charge in [0.15, 0.2) is 0 Å². The van der Waals surface area contributed by atoms with E-state index >= 15 is 0 Å². The minimum atomic E-state index is 0. The maximum Gasteiger partial charge on any atom is -0.0488 e. The Morgan fingerprint density at radius 2 is 0.519 bits per heavy atom. The number of benzene rings is 4. The minimum Gasteiger partial charge on any atom is -0.165 e. The molecule has 0 aliphatic carbocycles. The summed E-state index contributed by atoms with van der Waals surface area (Å²) in [5, 5.41) is 11.0. The largest absolute Gasteiger partial charge is 0.165 e. The van der Waals surface area contributed by atoms with Crippen molar-refractivity contribution in [1.82, 2.24) is 0 Å². The van der Waals surface area contributed by atoms with E-state index < -0.39 is 0 Å². The number of hydrogen-bond donors (Lipinski definition) is 0. The normalized spacial score (nSPS) is 9.78. The fourth-order valence-corrected chi connectivity index (χ4v) is 6.16. The minimum absolute atomic E-state index is 0. The molecule has 8 aromatic carbocycles. The molecule has 0 amide bonds. The van der Waals surface area contributed by atoms with Gasteiger partial charge in [0, 0.05) is 0 Å². The molecule has 0 fully saturated rings. The van der Waals surface area contributed by atoms with Crippen LogP contribution in [-0.4, -0.2) is 6.51 Å². The second-order valence-corrected chi connectivity index (χ2v) is 21.6. The zero-order valence-corrected chi connectivity index (χ0v) is 43.2. The molecule has 280 valence electrons. The van der Waals surface area contributed by atoms with Crippen LogP contribution in [0, 0.1) is 55.4 Å². The predicted molar refractivity (Wildman–Crippen MR) is 243 cm³/mol. The predicted octanol–water partition coefficient (Wildman–Crippen LogP) is 15.0. The van der Waals surface area contributed by atoms with E-state index in [9.17, 15) is 0 Å². The van der Waals surface area contributed by atoms with E-state index in [1.807, 2.05) is 0 Å². The standard InChI is InChI=1S/4C11H11.2C3H6.2ClH.2Hf/c4*1-8-6-10-5-3-4-9(2)11(10)7-8;2*1-3-2;;;;/h4*3-7H,1-2H3;2*1-2H3;2*1H;;/q4*-1;;;;;2*+2. The zero-order chi connectivity index (χ0) is 38.5. The third-order valence-electron chi connectivity index (χ3n) is 8.45. The second-order valence-electron chi connectivity index (χ2n) is 14.4. The zero-order valence-electron chi connectivity index (χ0n) is 34.4. The first-order valence-electron chi connectivity index (χ1n) is 18.1. The Labute approximate surface area is 367 Å². The van der Waals surface area contributed by atoms with E-state index in [0.29, 0.717) is 0 Å². The van der Waals surface area contributed by atoms with Gasteiger partial charge in [0.1, 0.15) is 0 Å². The molecule has 0 heterocycles. The van der Waals surface area contributed by atoms with Crippen LogP contribution in [0.4, 0.5) is 0 Å². The first-order valence-corrected chi connectivity index (χ1v) is 21.7. The maximum atomic E-state index is 2.24. The molecule has 0 saturated carbocycles. The van der Waals surface area contributed by atoms with Crippen LogP contribution >= 0.6 is 24.8 Å². The van der Waals surface area contributed by atoms with Crippen molar-refractivity contribution < 1.29 is 47.8 Å². The molecule has 0 aliphatic rings. The van der Waals surface area contributed by atoms with Crippen LogP contribution in [-0.2, 0) is 47.8 Å². The van der Waals surface area contributed by atoms with Crippen LogP contribution in [0.1, 0.15) is 72.2 Å². The van der Waals surface area contributed by atoms with Crippen LogP contribution in [0.2, 0.25) is 0 Å². The van der Waals surface area contributed by atoms with E-state index in [0.717, 1.165) is 0 Å². The molecule has 0 aromatic heterocycles. The van der Waals surface area contributed by atoms with Crippen LogP contribution in [0.15, 0.2) is 121 Å². The van der Waals surface area contributed by atoms with E-state index in [-0.39, 0.29) is 24.8 Å². The molecule has 0 radical (unpaired) electrons. The Bertz CT molecular complexity index is 2040. The fraction of sp³-hybridized carbons (Fsp3) is 0.240. The molecule has 4 heteroatoms. The fourth-order valence-electron chi connectivity index (χ4n) is 6.16. The topological polar surface area (TPSA) is 0 Å². The van der Waals surface area contributed by atoms with Gasteiger partial charge in [-0.25, -0.2) is 0 Å². The van der Waals surface area contributed by atoms with Gasteiger partial charge in [-0.05, 0) is 27.7 Å². The molecule has 0 saturated heterocycles. The number of hydrogen-bond acceptors (Lipinski definition) is 0. The molecular formula is C50H58Cl2Hf2. The SMILES string of the molecule is C[C](C)=[Hf+2].C[C](C)=[Hf+2].Cc1cc2c(C)cccc2[cH-]1.Cc1cc2c(C)cccc2[cH-]1.Cc1cc2c(C)cccc2[cH-]1.Cc1cc2c(C)cccc2[cH-]1.Cl.Cl. The molecule has 8 aromatic rings. The van der Waals surface area contributed by atoms with Crippen molar-refractivity contribution in [2.24, 2.45) is 0 Å². The molecule has 0 unspecified atom stereocenters. The third-order valence-corrected chi connectivity index (χ3v) is 8.45. The van der Waals surface area contributed by atoms with Crippen molar-refractivity contribution in [3.05, 3.63) is 166 Å². The van der Waals surface area contributed by atoms with Crippen LogP contribution < -0.4 is 0 Å². The number of fused-ring (bicyclic) bond motifs is 4. The summed E-state index contributed by atoms with van der Waals surface area (Å²) in [6.45, 7) is 25.8. The maximum absolute atomic E-state index is 2.24. The summed E-state index contributed by atoms with van der Waals surface area (Å²) in [4.78, 5) is 0. The van der Waals surface area contributed by atoms with Crippen molar-refractivity contribution in [1.29, 1.82) is 0 Å². The Hall–Kier alpha value is -2.62. The first kappa shape index (κ1) is 49.4. The molecule has 0 N–H and O–H groups in total. The van der Waals surface area contributed by atoms with Crippen LogP contribution in [0.5, 0.6) is 0 Å². The second kappa shape index (κ2) is 24.1. The van der Waals surface area contributed by atoms with Gasteiger partial charge in [-0.1, -0.05) is 74.2 Å². The average molecular weight is 1090 g/mol. The van der Waals surface area contributed by atoms with E-state index in [4.69, 9.17) is 0 Å². The number of rotatable bonds is 0. The Balaban J connectivity index is 0.000000334. The molecule has 0 aliphatic heterocycles. The summed E-state index contributed by atoms with van der Waals surface area (Å²) >= 11 is 2.53. The summed E-state index contributed by atoms with van der Waals surface area (Å²) in [5.74, 6) is 0. The molecule has 8 rings (SSSR count). The Morgan fingerprint density at radius 1 is 0.352 bits per heavy atom. The summed E-state index contributed by atoms with van der Waals surface area (Å²) in [5.41, 5.74) is 10.9. The molecule has 0 atom stereocenters. The van der Waals surface area contributed by atoms with Crippen molar-refractivity contribution in [2.75, 3.05) is 0 Å². The summed E-state index contributed by atoms with van der Waals surface area (Å²) in [6.07, 6.45) is 0. The number of halogens is 2. The van der Waals surface area contributed by atoms with Gasteiger partial charge in [0.25, 0.3) is 0 Å². The Morgan fingerprint density at radius 3 is 0.667 bits per heavy atom. The quantitative estimate of drug-likeness (QED) is 0.105. The van der Waals surface area contributed by atoms with Gasteiger partial charge in [0.05, 0.1) is 0 Å². The molecule has 54 heavy (non-hydrogen) atoms. The number of aryl methyl sites for hydroxylation is 8. The molecule has 0 nitrogen and oxygen atoms in total. The van der Waals surface area contributed by atoms with E-state index in [1.165, 1.54) is 135 Å². The first-order chi connectivity index (χ1) is 24.5. The van der Waals surface area contributed by atoms with Crippen LogP contribution in [0.25, 0.3) is 43.1 Å². The summed E-state index contributed by atoms with van der Waals surface area (Å²) in [6, 6.07) is 43.6. The van der Waals surface area contributed by atoms with Gasteiger partial charge >= 0.3 is 82.0 Å². The van der Waals surface area contributed by atoms with Crippen LogP contribution in [0.3, 0.4) is 0 Å². The van der Waals surface area contributed by atoms with E-state index in [2.05, 4.69) is 204 Å². The third kappa shape index (κ3) is 15.9. The van der Waals surface area contributed by atoms with Crippen molar-refractivity contribution in [3.8, 4) is 0 Å². The summed E-state index contributed by atoms with van der Waals surface area (Å²) in [7, 11) is 0. The van der Waals surface area contributed by atoms with Crippen molar-refractivity contribution >= 4 is 74.4 Å². The monoisotopic (exact) mass is 1090 g/mol. The van der Waals surface area contributed by atoms with Crippen molar-refractivity contribution in [2.45, 2.75) is 83.1 Å². The summed E-state index contributed by atoms with van der Waals surface area (Å²) < 4.78 is 3.11. The van der Waals surface area contributed by atoms with Gasteiger partial charge < -0.3 is 0 Å². The van der Waals surface area contributed by atoms with Gasteiger partial charge in [-0.2, -0.15) is 24.3 Å². The average Bonchev–Trinajstić information content (AvgIpc) is 3.83. The molecule has 0 spiro atoms. The van der Waals surface area contributed by atoms with Crippen molar-refractivity contribution in [3.63, 3.8) is 0 Å². The smallest absolute Gasteiger partial charge is 0.0488 e.